The van der Waals surface area contributed by atoms with E-state index in [1.165, 1.54) is 0 Å². The SMILES string of the molecule is O=C(NCc1ccn[nH]1)c1nn[nH]n1. The Morgan fingerprint density at radius 3 is 3.14 bits per heavy atom. The largest absolute Gasteiger partial charge is 0.344 e. The van der Waals surface area contributed by atoms with Gasteiger partial charge in [0.05, 0.1) is 12.2 Å². The lowest BCUT2D eigenvalue weighted by Gasteiger charge is -1.98. The quantitative estimate of drug-likeness (QED) is 0.570. The van der Waals surface area contributed by atoms with Gasteiger partial charge in [-0.05, 0) is 11.3 Å². The van der Waals surface area contributed by atoms with Crippen LogP contribution in [0, 0.1) is 0 Å². The number of nitrogens with one attached hydrogen (secondary N) is 3. The van der Waals surface area contributed by atoms with Crippen LogP contribution < -0.4 is 5.32 Å². The van der Waals surface area contributed by atoms with E-state index in [2.05, 4.69) is 36.1 Å². The second-order valence-electron chi connectivity index (χ2n) is 2.50. The molecule has 2 rings (SSSR count). The Kier molecular flexibility index (Phi) is 2.17. The fourth-order valence-electron chi connectivity index (χ4n) is 0.896. The monoisotopic (exact) mass is 193 g/mol. The zero-order chi connectivity index (χ0) is 9.80. The number of tetrazole rings is 1. The normalized spacial score (nSPS) is 10.0. The average Bonchev–Trinajstić information content (AvgIpc) is 2.87. The van der Waals surface area contributed by atoms with Gasteiger partial charge in [0, 0.05) is 6.20 Å². The van der Waals surface area contributed by atoms with Crippen molar-refractivity contribution >= 4 is 5.91 Å². The predicted molar refractivity (Wildman–Crippen MR) is 43.9 cm³/mol. The van der Waals surface area contributed by atoms with Gasteiger partial charge in [-0.25, -0.2) is 0 Å². The number of H-pyrrole nitrogens is 2. The van der Waals surface area contributed by atoms with Crippen molar-refractivity contribution in [2.45, 2.75) is 6.54 Å². The molecule has 0 fully saturated rings. The Morgan fingerprint density at radius 2 is 2.50 bits per heavy atom. The molecule has 0 atom stereocenters. The fourth-order valence-corrected chi connectivity index (χ4v) is 0.896. The van der Waals surface area contributed by atoms with Crippen molar-refractivity contribution in [2.24, 2.45) is 0 Å². The molecule has 8 heteroatoms. The molecule has 0 aromatic carbocycles. The van der Waals surface area contributed by atoms with Crippen LogP contribution in [0.4, 0.5) is 0 Å². The van der Waals surface area contributed by atoms with Gasteiger partial charge in [-0.15, -0.1) is 10.2 Å². The van der Waals surface area contributed by atoms with E-state index in [9.17, 15) is 4.79 Å². The van der Waals surface area contributed by atoms with E-state index in [-0.39, 0.29) is 11.7 Å². The smallest absolute Gasteiger partial charge is 0.293 e. The first-order valence-corrected chi connectivity index (χ1v) is 3.86. The van der Waals surface area contributed by atoms with E-state index in [0.717, 1.165) is 5.69 Å². The Labute approximate surface area is 78.1 Å². The molecule has 0 radical (unpaired) electrons. The zero-order valence-electron chi connectivity index (χ0n) is 7.06. The summed E-state index contributed by atoms with van der Waals surface area (Å²) in [6.45, 7) is 0.355. The minimum Gasteiger partial charge on any atom is -0.344 e. The first kappa shape index (κ1) is 8.35. The van der Waals surface area contributed by atoms with Crippen LogP contribution in [-0.2, 0) is 6.54 Å². The first-order valence-electron chi connectivity index (χ1n) is 3.86. The van der Waals surface area contributed by atoms with Crippen LogP contribution in [0.1, 0.15) is 16.3 Å². The highest BCUT2D eigenvalue weighted by atomic mass is 16.2. The summed E-state index contributed by atoms with van der Waals surface area (Å²) in [5.41, 5.74) is 0.807. The highest BCUT2D eigenvalue weighted by Crippen LogP contribution is 1.91. The molecule has 2 heterocycles. The number of hydrogen-bond acceptors (Lipinski definition) is 5. The van der Waals surface area contributed by atoms with Crippen LogP contribution in [-0.4, -0.2) is 36.7 Å². The molecule has 2 aromatic rings. The van der Waals surface area contributed by atoms with Crippen LogP contribution in [0.25, 0.3) is 0 Å². The molecule has 0 spiro atoms. The lowest BCUT2D eigenvalue weighted by molar-refractivity contribution is 0.0940. The number of rotatable bonds is 3. The molecule has 0 unspecified atom stereocenters. The molecule has 0 saturated heterocycles. The van der Waals surface area contributed by atoms with E-state index >= 15 is 0 Å². The van der Waals surface area contributed by atoms with Crippen LogP contribution in [0.2, 0.25) is 0 Å². The van der Waals surface area contributed by atoms with E-state index in [0.29, 0.717) is 6.54 Å². The lowest BCUT2D eigenvalue weighted by Crippen LogP contribution is -2.24. The number of nitrogens with zero attached hydrogens (tertiary/aromatic N) is 4. The van der Waals surface area contributed by atoms with Gasteiger partial charge >= 0.3 is 0 Å². The maximum Gasteiger partial charge on any atom is 0.293 e. The van der Waals surface area contributed by atoms with Crippen LogP contribution in [0.3, 0.4) is 0 Å². The van der Waals surface area contributed by atoms with Gasteiger partial charge in [0.1, 0.15) is 0 Å². The van der Waals surface area contributed by atoms with E-state index in [1.807, 2.05) is 0 Å². The third kappa shape index (κ3) is 1.73. The van der Waals surface area contributed by atoms with Gasteiger partial charge < -0.3 is 5.32 Å². The second-order valence-corrected chi connectivity index (χ2v) is 2.50. The molecule has 8 nitrogen and oxygen atoms in total. The molecular weight excluding hydrogens is 186 g/mol. The maximum absolute atomic E-state index is 11.3. The van der Waals surface area contributed by atoms with Crippen molar-refractivity contribution < 1.29 is 4.79 Å². The molecule has 0 saturated carbocycles. The van der Waals surface area contributed by atoms with Crippen molar-refractivity contribution in [1.29, 1.82) is 0 Å². The summed E-state index contributed by atoms with van der Waals surface area (Å²) in [6.07, 6.45) is 1.61. The molecule has 72 valence electrons. The highest BCUT2D eigenvalue weighted by Gasteiger charge is 2.09. The van der Waals surface area contributed by atoms with Crippen LogP contribution >= 0.6 is 0 Å². The molecular formula is C6H7N7O. The van der Waals surface area contributed by atoms with Gasteiger partial charge in [0.15, 0.2) is 0 Å². The topological polar surface area (TPSA) is 112 Å². The van der Waals surface area contributed by atoms with Gasteiger partial charge in [-0.3, -0.25) is 9.89 Å². The summed E-state index contributed by atoms with van der Waals surface area (Å²) in [6, 6.07) is 1.76. The van der Waals surface area contributed by atoms with Crippen molar-refractivity contribution in [3.63, 3.8) is 0 Å². The van der Waals surface area contributed by atoms with Crippen molar-refractivity contribution in [1.82, 2.24) is 36.1 Å². The molecule has 0 aliphatic carbocycles. The first-order chi connectivity index (χ1) is 6.86. The Bertz CT molecular complexity index is 392. The van der Waals surface area contributed by atoms with E-state index in [1.54, 1.807) is 12.3 Å². The molecule has 3 N–H and O–H groups in total. The Balaban J connectivity index is 1.90. The van der Waals surface area contributed by atoms with Gasteiger partial charge in [0.2, 0.25) is 0 Å². The summed E-state index contributed by atoms with van der Waals surface area (Å²) in [5.74, 6) is -0.363. The summed E-state index contributed by atoms with van der Waals surface area (Å²) in [7, 11) is 0. The number of aromatic amines is 2. The number of carbonyl (C=O) groups excluding carboxylic acids is 1. The van der Waals surface area contributed by atoms with Crippen LogP contribution in [0.15, 0.2) is 12.3 Å². The zero-order valence-corrected chi connectivity index (χ0v) is 7.06. The molecule has 0 aliphatic rings. The second kappa shape index (κ2) is 3.64. The summed E-state index contributed by atoms with van der Waals surface area (Å²) in [5, 5.41) is 21.6. The summed E-state index contributed by atoms with van der Waals surface area (Å²) < 4.78 is 0. The molecule has 0 aliphatic heterocycles. The van der Waals surface area contributed by atoms with Crippen molar-refractivity contribution in [3.05, 3.63) is 23.8 Å². The van der Waals surface area contributed by atoms with Crippen LogP contribution in [0.5, 0.6) is 0 Å². The van der Waals surface area contributed by atoms with Gasteiger partial charge in [0.25, 0.3) is 11.7 Å². The van der Waals surface area contributed by atoms with Gasteiger partial charge in [-0.2, -0.15) is 10.3 Å². The standard InChI is InChI=1S/C6H7N7O/c14-6(5-10-12-13-11-5)7-3-4-1-2-8-9-4/h1-2H,3H2,(H,7,14)(H,8,9)(H,10,11,12,13). The number of amides is 1. The maximum atomic E-state index is 11.3. The predicted octanol–water partition coefficient (Wildman–Crippen LogP) is -1.15. The third-order valence-electron chi connectivity index (χ3n) is 1.55. The fraction of sp³-hybridized carbons (Fsp3) is 0.167. The van der Waals surface area contributed by atoms with Gasteiger partial charge in [-0.1, -0.05) is 0 Å². The van der Waals surface area contributed by atoms with Crippen molar-refractivity contribution in [2.75, 3.05) is 0 Å². The highest BCUT2D eigenvalue weighted by molar-refractivity contribution is 5.89. The Hall–Kier alpha value is -2.25. The molecule has 2 aromatic heterocycles. The van der Waals surface area contributed by atoms with E-state index in [4.69, 9.17) is 0 Å². The number of hydrogen-bond donors (Lipinski definition) is 3. The molecule has 0 bridgehead atoms. The molecule has 14 heavy (non-hydrogen) atoms. The minimum absolute atomic E-state index is 0.0181. The Morgan fingerprint density at radius 1 is 1.57 bits per heavy atom. The molecule has 1 amide bonds. The average molecular weight is 193 g/mol. The number of aromatic nitrogens is 6. The minimum atomic E-state index is -0.381. The lowest BCUT2D eigenvalue weighted by atomic mass is 10.4. The van der Waals surface area contributed by atoms with E-state index < -0.39 is 0 Å². The van der Waals surface area contributed by atoms with Crippen molar-refractivity contribution in [3.8, 4) is 0 Å². The number of carbonyl (C=O) groups is 1. The summed E-state index contributed by atoms with van der Waals surface area (Å²) >= 11 is 0. The third-order valence-corrected chi connectivity index (χ3v) is 1.55. The summed E-state index contributed by atoms with van der Waals surface area (Å²) in [4.78, 5) is 11.3.